The summed E-state index contributed by atoms with van der Waals surface area (Å²) in [7, 11) is -3.96. The van der Waals surface area contributed by atoms with Crippen LogP contribution in [0.5, 0.6) is 0 Å². The van der Waals surface area contributed by atoms with Crippen LogP contribution < -0.4 is 10.0 Å². The van der Waals surface area contributed by atoms with E-state index in [2.05, 4.69) is 0 Å². The number of benzene rings is 2. The highest BCUT2D eigenvalue weighted by Gasteiger charge is 2.31. The zero-order valence-electron chi connectivity index (χ0n) is 13.6. The number of sulfonamides is 1. The molecule has 0 amide bonds. The first-order chi connectivity index (χ1) is 11.8. The molecule has 0 heterocycles. The van der Waals surface area contributed by atoms with Gasteiger partial charge < -0.3 is 5.73 Å². The maximum atomic E-state index is 13.7. The summed E-state index contributed by atoms with van der Waals surface area (Å²) < 4.78 is 41.3. The van der Waals surface area contributed by atoms with E-state index in [0.717, 1.165) is 10.4 Å². The molecule has 2 N–H and O–H groups in total. The smallest absolute Gasteiger partial charge is 0.264 e. The molecule has 0 bridgehead atoms. The normalized spacial score (nSPS) is 12.8. The molecule has 0 aliphatic carbocycles. The number of anilines is 1. The fourth-order valence-corrected chi connectivity index (χ4v) is 4.59. The van der Waals surface area contributed by atoms with Crippen LogP contribution >= 0.6 is 23.2 Å². The van der Waals surface area contributed by atoms with Gasteiger partial charge in [0.2, 0.25) is 0 Å². The summed E-state index contributed by atoms with van der Waals surface area (Å²) in [6.07, 6.45) is 1.14. The van der Waals surface area contributed by atoms with Crippen molar-refractivity contribution in [1.29, 1.82) is 0 Å². The molecule has 25 heavy (non-hydrogen) atoms. The summed E-state index contributed by atoms with van der Waals surface area (Å²) >= 11 is 12.0. The van der Waals surface area contributed by atoms with E-state index in [1.54, 1.807) is 6.92 Å². The SMILES string of the molecule is C[C@H](CCCN)N(c1cc(F)ccc1Cl)S(=O)(=O)c1ccc(Cl)cc1. The zero-order valence-corrected chi connectivity index (χ0v) is 16.0. The number of hydrogen-bond acceptors (Lipinski definition) is 3. The molecule has 0 aromatic heterocycles. The van der Waals surface area contributed by atoms with Crippen LogP contribution in [0.15, 0.2) is 47.4 Å². The molecular formula is C17H19Cl2FN2O2S. The molecule has 4 nitrogen and oxygen atoms in total. The van der Waals surface area contributed by atoms with Crippen LogP contribution in [-0.2, 0) is 10.0 Å². The average molecular weight is 405 g/mol. The molecule has 2 rings (SSSR count). The van der Waals surface area contributed by atoms with Gasteiger partial charge in [-0.2, -0.15) is 0 Å². The molecule has 0 aliphatic rings. The van der Waals surface area contributed by atoms with Gasteiger partial charge in [0.1, 0.15) is 5.82 Å². The molecule has 8 heteroatoms. The number of halogens is 3. The van der Waals surface area contributed by atoms with Gasteiger partial charge in [-0.25, -0.2) is 12.8 Å². The van der Waals surface area contributed by atoms with Gasteiger partial charge >= 0.3 is 0 Å². The summed E-state index contributed by atoms with van der Waals surface area (Å²) in [6.45, 7) is 2.17. The van der Waals surface area contributed by atoms with Crippen LogP contribution in [0.3, 0.4) is 0 Å². The highest BCUT2D eigenvalue weighted by Crippen LogP contribution is 2.34. The quantitative estimate of drug-likeness (QED) is 0.740. The van der Waals surface area contributed by atoms with Gasteiger partial charge in [0.15, 0.2) is 0 Å². The third-order valence-corrected chi connectivity index (χ3v) is 6.26. The molecule has 0 saturated carbocycles. The van der Waals surface area contributed by atoms with Crippen molar-refractivity contribution in [2.75, 3.05) is 10.8 Å². The summed E-state index contributed by atoms with van der Waals surface area (Å²) in [5.74, 6) is -0.568. The Morgan fingerprint density at radius 2 is 1.80 bits per heavy atom. The topological polar surface area (TPSA) is 63.4 Å². The van der Waals surface area contributed by atoms with E-state index in [1.807, 2.05) is 0 Å². The highest BCUT2D eigenvalue weighted by atomic mass is 35.5. The van der Waals surface area contributed by atoms with Crippen molar-refractivity contribution in [2.45, 2.75) is 30.7 Å². The maximum Gasteiger partial charge on any atom is 0.264 e. The monoisotopic (exact) mass is 404 g/mol. The van der Waals surface area contributed by atoms with Crippen LogP contribution in [0, 0.1) is 5.82 Å². The Bertz CT molecular complexity index is 829. The first kappa shape index (κ1) is 20.0. The fourth-order valence-electron chi connectivity index (χ4n) is 2.51. The Labute approximate surface area is 157 Å². The van der Waals surface area contributed by atoms with E-state index < -0.39 is 21.9 Å². The van der Waals surface area contributed by atoms with Gasteiger partial charge in [0.25, 0.3) is 10.0 Å². The highest BCUT2D eigenvalue weighted by molar-refractivity contribution is 7.92. The minimum absolute atomic E-state index is 0.0526. The van der Waals surface area contributed by atoms with Crippen molar-refractivity contribution in [3.63, 3.8) is 0 Å². The minimum Gasteiger partial charge on any atom is -0.330 e. The van der Waals surface area contributed by atoms with Crippen molar-refractivity contribution in [3.8, 4) is 0 Å². The Morgan fingerprint density at radius 1 is 1.16 bits per heavy atom. The van der Waals surface area contributed by atoms with Gasteiger partial charge in [0.05, 0.1) is 15.6 Å². The van der Waals surface area contributed by atoms with Gasteiger partial charge in [-0.3, -0.25) is 4.31 Å². The standard InChI is InChI=1S/C17H19Cl2FN2O2S/c1-12(3-2-10-21)22(17-11-14(20)6-9-16(17)19)25(23,24)15-7-4-13(18)5-8-15/h4-9,11-12H,2-3,10,21H2,1H3/t12-/m1/s1. The number of nitrogens with zero attached hydrogens (tertiary/aromatic N) is 1. The van der Waals surface area contributed by atoms with Gasteiger partial charge in [-0.05, 0) is 68.8 Å². The van der Waals surface area contributed by atoms with Crippen molar-refractivity contribution in [1.82, 2.24) is 0 Å². The van der Waals surface area contributed by atoms with E-state index in [1.165, 1.54) is 36.4 Å². The summed E-state index contributed by atoms with van der Waals surface area (Å²) in [5.41, 5.74) is 5.64. The Balaban J connectivity index is 2.57. The summed E-state index contributed by atoms with van der Waals surface area (Å²) in [6, 6.07) is 8.99. The van der Waals surface area contributed by atoms with Crippen LogP contribution in [-0.4, -0.2) is 21.0 Å². The third-order valence-electron chi connectivity index (χ3n) is 3.74. The van der Waals surface area contributed by atoms with Crippen molar-refractivity contribution >= 4 is 38.9 Å². The molecule has 0 radical (unpaired) electrons. The number of hydrogen-bond donors (Lipinski definition) is 1. The Morgan fingerprint density at radius 3 is 2.40 bits per heavy atom. The predicted molar refractivity (Wildman–Crippen MR) is 100 cm³/mol. The Hall–Kier alpha value is -1.34. The largest absolute Gasteiger partial charge is 0.330 e. The van der Waals surface area contributed by atoms with Crippen LogP contribution in [0.1, 0.15) is 19.8 Å². The minimum atomic E-state index is -3.96. The molecule has 2 aromatic carbocycles. The molecule has 1 atom stereocenters. The second-order valence-electron chi connectivity index (χ2n) is 5.63. The molecule has 136 valence electrons. The van der Waals surface area contributed by atoms with Crippen molar-refractivity contribution in [3.05, 3.63) is 58.3 Å². The molecule has 2 aromatic rings. The Kier molecular flexibility index (Phi) is 6.68. The lowest BCUT2D eigenvalue weighted by atomic mass is 10.1. The second-order valence-corrected chi connectivity index (χ2v) is 8.29. The lowest BCUT2D eigenvalue weighted by Crippen LogP contribution is -2.39. The van der Waals surface area contributed by atoms with Gasteiger partial charge in [0, 0.05) is 11.1 Å². The molecule has 0 spiro atoms. The van der Waals surface area contributed by atoms with Crippen molar-refractivity contribution < 1.29 is 12.8 Å². The second kappa shape index (κ2) is 8.36. The van der Waals surface area contributed by atoms with Gasteiger partial charge in [-0.1, -0.05) is 23.2 Å². The first-order valence-corrected chi connectivity index (χ1v) is 9.92. The molecule has 0 aliphatic heterocycles. The van der Waals surface area contributed by atoms with Crippen molar-refractivity contribution in [2.24, 2.45) is 5.73 Å². The maximum absolute atomic E-state index is 13.7. The van der Waals surface area contributed by atoms with E-state index in [0.29, 0.717) is 24.4 Å². The number of nitrogens with two attached hydrogens (primary N) is 1. The van der Waals surface area contributed by atoms with Crippen LogP contribution in [0.4, 0.5) is 10.1 Å². The summed E-state index contributed by atoms with van der Waals surface area (Å²) in [5, 5.41) is 0.573. The lowest BCUT2D eigenvalue weighted by molar-refractivity contribution is 0.564. The fraction of sp³-hybridized carbons (Fsp3) is 0.294. The summed E-state index contributed by atoms with van der Waals surface area (Å²) in [4.78, 5) is 0.0526. The van der Waals surface area contributed by atoms with Crippen LogP contribution in [0.25, 0.3) is 0 Å². The zero-order chi connectivity index (χ0) is 18.6. The van der Waals surface area contributed by atoms with E-state index in [9.17, 15) is 12.8 Å². The molecular weight excluding hydrogens is 386 g/mol. The number of rotatable bonds is 7. The van der Waals surface area contributed by atoms with Gasteiger partial charge in [-0.15, -0.1) is 0 Å². The third kappa shape index (κ3) is 4.64. The molecule has 0 saturated heterocycles. The van der Waals surface area contributed by atoms with E-state index >= 15 is 0 Å². The van der Waals surface area contributed by atoms with E-state index in [4.69, 9.17) is 28.9 Å². The van der Waals surface area contributed by atoms with E-state index in [-0.39, 0.29) is 15.6 Å². The lowest BCUT2D eigenvalue weighted by Gasteiger charge is -2.31. The molecule has 0 unspecified atom stereocenters. The van der Waals surface area contributed by atoms with Crippen LogP contribution in [0.2, 0.25) is 10.0 Å². The molecule has 0 fully saturated rings. The average Bonchev–Trinajstić information content (AvgIpc) is 2.56. The predicted octanol–water partition coefficient (Wildman–Crippen LogP) is 4.46. The first-order valence-electron chi connectivity index (χ1n) is 7.72.